The molecule has 5 nitrogen and oxygen atoms in total. The fraction of sp³-hybridized carbons (Fsp3) is 0.429. The van der Waals surface area contributed by atoms with Crippen LogP contribution in [0.1, 0.15) is 13.3 Å². The second-order valence-electron chi connectivity index (χ2n) is 2.39. The highest BCUT2D eigenvalue weighted by atomic mass is 35.5. The summed E-state index contributed by atoms with van der Waals surface area (Å²) in [6.45, 7) is 2.72. The maximum absolute atomic E-state index is 10.3. The van der Waals surface area contributed by atoms with Crippen LogP contribution in [0.5, 0.6) is 0 Å². The molecule has 0 amide bonds. The van der Waals surface area contributed by atoms with Gasteiger partial charge in [0, 0.05) is 6.54 Å². The van der Waals surface area contributed by atoms with Gasteiger partial charge in [-0.05, 0) is 23.2 Å². The molecular formula is C7H9ClN4O. The number of hydrogen-bond donors (Lipinski definition) is 1. The lowest BCUT2D eigenvalue weighted by atomic mass is 10.4. The summed E-state index contributed by atoms with van der Waals surface area (Å²) in [4.78, 5) is 17.8. The van der Waals surface area contributed by atoms with Crippen LogP contribution in [0.15, 0.2) is 11.4 Å². The molecule has 0 radical (unpaired) electrons. The summed E-state index contributed by atoms with van der Waals surface area (Å²) in [6.07, 6.45) is 2.22. The molecule has 0 fully saturated rings. The van der Waals surface area contributed by atoms with Crippen LogP contribution in [0.2, 0.25) is 5.28 Å². The van der Waals surface area contributed by atoms with E-state index in [1.165, 1.54) is 6.20 Å². The summed E-state index contributed by atoms with van der Waals surface area (Å²) in [5.74, 6) is 0.386. The Balaban J connectivity index is 2.87. The Bertz CT molecular complexity index is 305. The maximum atomic E-state index is 10.3. The van der Waals surface area contributed by atoms with Crippen LogP contribution >= 0.6 is 11.6 Å². The second-order valence-corrected chi connectivity index (χ2v) is 2.73. The summed E-state index contributed by atoms with van der Waals surface area (Å²) in [6, 6.07) is 0. The van der Waals surface area contributed by atoms with Crippen LogP contribution in [0, 0.1) is 4.91 Å². The molecule has 6 heteroatoms. The highest BCUT2D eigenvalue weighted by molar-refractivity contribution is 6.28. The maximum Gasteiger partial charge on any atom is 0.224 e. The van der Waals surface area contributed by atoms with Gasteiger partial charge in [0.05, 0.1) is 6.20 Å². The van der Waals surface area contributed by atoms with Gasteiger partial charge in [0.1, 0.15) is 0 Å². The monoisotopic (exact) mass is 200 g/mol. The molecule has 0 saturated carbocycles. The number of nitrogens with zero attached hydrogens (tertiary/aromatic N) is 3. The van der Waals surface area contributed by atoms with Crippen LogP contribution in [0.25, 0.3) is 0 Å². The summed E-state index contributed by atoms with van der Waals surface area (Å²) >= 11 is 5.55. The Kier molecular flexibility index (Phi) is 3.57. The van der Waals surface area contributed by atoms with E-state index >= 15 is 0 Å². The van der Waals surface area contributed by atoms with Crippen LogP contribution in [-0.2, 0) is 0 Å². The SMILES string of the molecule is CCCNc1nc(Cl)ncc1N=O. The molecular weight excluding hydrogens is 192 g/mol. The zero-order chi connectivity index (χ0) is 9.68. The second kappa shape index (κ2) is 4.71. The lowest BCUT2D eigenvalue weighted by Gasteiger charge is -2.04. The van der Waals surface area contributed by atoms with Gasteiger partial charge < -0.3 is 5.32 Å². The van der Waals surface area contributed by atoms with E-state index in [0.29, 0.717) is 5.82 Å². The van der Waals surface area contributed by atoms with Gasteiger partial charge in [-0.3, -0.25) is 0 Å². The van der Waals surface area contributed by atoms with Gasteiger partial charge in [0.25, 0.3) is 0 Å². The summed E-state index contributed by atoms with van der Waals surface area (Å²) in [5, 5.41) is 5.80. The van der Waals surface area contributed by atoms with E-state index in [0.717, 1.165) is 13.0 Å². The van der Waals surface area contributed by atoms with Gasteiger partial charge >= 0.3 is 0 Å². The van der Waals surface area contributed by atoms with E-state index in [2.05, 4.69) is 20.5 Å². The van der Waals surface area contributed by atoms with E-state index in [9.17, 15) is 4.91 Å². The third-order valence-corrected chi connectivity index (χ3v) is 1.56. The Morgan fingerprint density at radius 2 is 2.46 bits per heavy atom. The van der Waals surface area contributed by atoms with Crippen molar-refractivity contribution in [2.24, 2.45) is 5.18 Å². The lowest BCUT2D eigenvalue weighted by molar-refractivity contribution is 0.964. The molecule has 1 N–H and O–H groups in total. The Labute approximate surface area is 80.5 Å². The molecule has 0 aromatic carbocycles. The van der Waals surface area contributed by atoms with Gasteiger partial charge in [-0.2, -0.15) is 4.98 Å². The molecule has 0 aliphatic rings. The zero-order valence-electron chi connectivity index (χ0n) is 7.12. The Morgan fingerprint density at radius 1 is 1.69 bits per heavy atom. The Morgan fingerprint density at radius 3 is 3.08 bits per heavy atom. The number of nitrogens with one attached hydrogen (secondary N) is 1. The fourth-order valence-electron chi connectivity index (χ4n) is 0.794. The van der Waals surface area contributed by atoms with Crippen LogP contribution in [0.3, 0.4) is 0 Å². The van der Waals surface area contributed by atoms with E-state index < -0.39 is 0 Å². The molecule has 0 spiro atoms. The first-order chi connectivity index (χ1) is 6.27. The molecule has 0 bridgehead atoms. The average molecular weight is 201 g/mol. The highest BCUT2D eigenvalue weighted by Gasteiger charge is 2.05. The third kappa shape index (κ3) is 2.62. The van der Waals surface area contributed by atoms with E-state index in [1.807, 2.05) is 6.92 Å². The first kappa shape index (κ1) is 9.85. The van der Waals surface area contributed by atoms with Crippen molar-refractivity contribution in [1.82, 2.24) is 9.97 Å². The molecule has 0 aliphatic heterocycles. The molecule has 1 aromatic heterocycles. The fourth-order valence-corrected chi connectivity index (χ4v) is 0.928. The molecule has 0 saturated heterocycles. The van der Waals surface area contributed by atoms with Gasteiger partial charge in [0.2, 0.25) is 5.28 Å². The number of hydrogen-bond acceptors (Lipinski definition) is 5. The van der Waals surface area contributed by atoms with Crippen molar-refractivity contribution in [3.05, 3.63) is 16.4 Å². The van der Waals surface area contributed by atoms with Crippen molar-refractivity contribution in [1.29, 1.82) is 0 Å². The standard InChI is InChI=1S/C7H9ClN4O/c1-2-3-9-6-5(12-13)4-10-7(8)11-6/h4H,2-3H2,1H3,(H,9,10,11). The quantitative estimate of drug-likeness (QED) is 0.599. The van der Waals surface area contributed by atoms with Crippen molar-refractivity contribution in [3.63, 3.8) is 0 Å². The summed E-state index contributed by atoms with van der Waals surface area (Å²) in [5.41, 5.74) is 0.179. The van der Waals surface area contributed by atoms with Crippen molar-refractivity contribution in [3.8, 4) is 0 Å². The van der Waals surface area contributed by atoms with E-state index in [1.54, 1.807) is 0 Å². The smallest absolute Gasteiger partial charge is 0.224 e. The lowest BCUT2D eigenvalue weighted by Crippen LogP contribution is -2.02. The number of aromatic nitrogens is 2. The van der Waals surface area contributed by atoms with Gasteiger partial charge in [-0.15, -0.1) is 4.91 Å². The van der Waals surface area contributed by atoms with E-state index in [-0.39, 0.29) is 11.0 Å². The van der Waals surface area contributed by atoms with E-state index in [4.69, 9.17) is 11.6 Å². The highest BCUT2D eigenvalue weighted by Crippen LogP contribution is 2.21. The molecule has 1 rings (SSSR count). The molecule has 0 aliphatic carbocycles. The van der Waals surface area contributed by atoms with Crippen LogP contribution in [0.4, 0.5) is 11.5 Å². The molecule has 1 aromatic rings. The number of anilines is 1. The molecule has 1 heterocycles. The van der Waals surface area contributed by atoms with Crippen molar-refractivity contribution < 1.29 is 0 Å². The predicted octanol–water partition coefficient (Wildman–Crippen LogP) is 2.35. The zero-order valence-corrected chi connectivity index (χ0v) is 7.88. The molecule has 70 valence electrons. The van der Waals surface area contributed by atoms with Crippen LogP contribution in [-0.4, -0.2) is 16.5 Å². The predicted molar refractivity (Wildman–Crippen MR) is 51.3 cm³/mol. The van der Waals surface area contributed by atoms with Crippen molar-refractivity contribution >= 4 is 23.1 Å². The molecule has 13 heavy (non-hydrogen) atoms. The van der Waals surface area contributed by atoms with Gasteiger partial charge in [-0.1, -0.05) is 6.92 Å². The van der Waals surface area contributed by atoms with Crippen LogP contribution < -0.4 is 5.32 Å². The number of nitroso groups, excluding NO2 is 1. The number of halogens is 1. The topological polar surface area (TPSA) is 67.2 Å². The van der Waals surface area contributed by atoms with Gasteiger partial charge in [0.15, 0.2) is 11.5 Å². The van der Waals surface area contributed by atoms with Crippen molar-refractivity contribution in [2.75, 3.05) is 11.9 Å². The van der Waals surface area contributed by atoms with Crippen molar-refractivity contribution in [2.45, 2.75) is 13.3 Å². The van der Waals surface area contributed by atoms with Gasteiger partial charge in [-0.25, -0.2) is 4.98 Å². The Hall–Kier alpha value is -1.23. The minimum absolute atomic E-state index is 0.103. The number of rotatable bonds is 4. The first-order valence-electron chi connectivity index (χ1n) is 3.87. The normalized spacial score (nSPS) is 9.69. The molecule has 0 unspecified atom stereocenters. The third-order valence-electron chi connectivity index (χ3n) is 1.38. The minimum Gasteiger partial charge on any atom is -0.368 e. The largest absolute Gasteiger partial charge is 0.368 e. The first-order valence-corrected chi connectivity index (χ1v) is 4.25. The summed E-state index contributed by atoms with van der Waals surface area (Å²) < 4.78 is 0. The molecule has 0 atom stereocenters. The summed E-state index contributed by atoms with van der Waals surface area (Å²) in [7, 11) is 0. The average Bonchev–Trinajstić information content (AvgIpc) is 2.15. The minimum atomic E-state index is 0.103.